The SMILES string of the molecule is COc1ccc(C(Nc2cccc(C(=O)O[C@@](C)(c3cc[n+]([O-])cc3)c3ccc(OC(F)F)c(OCC4CC4)c3)c2)C(=O)O[C@H]2CN3CCC2CC3)cn1. The van der Waals surface area contributed by atoms with Gasteiger partial charge in [-0.3, -0.25) is 4.90 Å². The highest BCUT2D eigenvalue weighted by Crippen LogP contribution is 2.41. The van der Waals surface area contributed by atoms with E-state index in [4.69, 9.17) is 23.7 Å². The predicted molar refractivity (Wildman–Crippen MR) is 191 cm³/mol. The number of hydrogen-bond acceptors (Lipinski definition) is 11. The lowest BCUT2D eigenvalue weighted by Crippen LogP contribution is -2.52. The molecule has 54 heavy (non-hydrogen) atoms. The Hall–Kier alpha value is -5.50. The van der Waals surface area contributed by atoms with Crippen LogP contribution in [-0.2, 0) is 19.9 Å². The largest absolute Gasteiger partial charge is 0.619 e. The fourth-order valence-corrected chi connectivity index (χ4v) is 6.99. The second kappa shape index (κ2) is 15.8. The summed E-state index contributed by atoms with van der Waals surface area (Å²) in [4.78, 5) is 34.5. The summed E-state index contributed by atoms with van der Waals surface area (Å²) in [5.41, 5.74) is 0.447. The minimum absolute atomic E-state index is 0.0761. The summed E-state index contributed by atoms with van der Waals surface area (Å²) in [7, 11) is 1.51. The topological polar surface area (TPSA) is 135 Å². The molecule has 14 heteroatoms. The number of nitrogens with zero attached hydrogens (tertiary/aromatic N) is 3. The van der Waals surface area contributed by atoms with Gasteiger partial charge in [-0.1, -0.05) is 12.1 Å². The highest BCUT2D eigenvalue weighted by Gasteiger charge is 2.39. The molecule has 12 nitrogen and oxygen atoms in total. The molecule has 1 unspecified atom stereocenters. The van der Waals surface area contributed by atoms with Crippen LogP contribution in [0, 0.1) is 17.0 Å². The van der Waals surface area contributed by atoms with Crippen molar-refractivity contribution in [2.45, 2.75) is 57.0 Å². The van der Waals surface area contributed by atoms with Gasteiger partial charge in [0.1, 0.15) is 6.10 Å². The average Bonchev–Trinajstić information content (AvgIpc) is 4.02. The number of alkyl halides is 2. The van der Waals surface area contributed by atoms with Crippen LogP contribution >= 0.6 is 0 Å². The number of nitrogens with one attached hydrogen (secondary N) is 1. The number of fused-ring (bicyclic) bond motifs is 3. The van der Waals surface area contributed by atoms with Gasteiger partial charge in [0, 0.05) is 53.3 Å². The van der Waals surface area contributed by atoms with Crippen molar-refractivity contribution in [3.05, 3.63) is 113 Å². The van der Waals surface area contributed by atoms with E-state index in [-0.39, 0.29) is 23.2 Å². The summed E-state index contributed by atoms with van der Waals surface area (Å²) in [6, 6.07) is 16.3. The van der Waals surface area contributed by atoms with E-state index in [0.717, 1.165) is 38.8 Å². The molecule has 0 amide bonds. The number of hydrogen-bond donors (Lipinski definition) is 1. The number of carbonyl (C=O) groups excluding carboxylic acids is 2. The molecule has 3 atom stereocenters. The number of methoxy groups -OCH3 is 1. The zero-order valence-electron chi connectivity index (χ0n) is 30.0. The van der Waals surface area contributed by atoms with Gasteiger partial charge in [0.05, 0.1) is 19.3 Å². The van der Waals surface area contributed by atoms with Crippen LogP contribution in [0.25, 0.3) is 0 Å². The van der Waals surface area contributed by atoms with Gasteiger partial charge in [0.25, 0.3) is 0 Å². The summed E-state index contributed by atoms with van der Waals surface area (Å²) < 4.78 is 55.5. The molecule has 2 aromatic heterocycles. The quantitative estimate of drug-likeness (QED) is 0.0870. The number of rotatable bonds is 15. The summed E-state index contributed by atoms with van der Waals surface area (Å²) in [5, 5.41) is 15.2. The van der Waals surface area contributed by atoms with Gasteiger partial charge >= 0.3 is 18.6 Å². The first-order valence-electron chi connectivity index (χ1n) is 18.0. The number of pyridine rings is 2. The number of anilines is 1. The van der Waals surface area contributed by atoms with Crippen LogP contribution in [0.4, 0.5) is 14.5 Å². The van der Waals surface area contributed by atoms with E-state index < -0.39 is 30.2 Å². The van der Waals surface area contributed by atoms with Crippen molar-refractivity contribution in [2.24, 2.45) is 11.8 Å². The Labute approximate surface area is 311 Å². The van der Waals surface area contributed by atoms with E-state index in [1.54, 1.807) is 49.5 Å². The highest BCUT2D eigenvalue weighted by molar-refractivity contribution is 5.91. The zero-order valence-corrected chi connectivity index (χ0v) is 30.0. The van der Waals surface area contributed by atoms with Crippen molar-refractivity contribution in [1.82, 2.24) is 9.88 Å². The maximum absolute atomic E-state index is 14.1. The van der Waals surface area contributed by atoms with E-state index in [2.05, 4.69) is 15.2 Å². The fourth-order valence-electron chi connectivity index (χ4n) is 6.99. The van der Waals surface area contributed by atoms with Crippen LogP contribution in [0.3, 0.4) is 0 Å². The third-order valence-corrected chi connectivity index (χ3v) is 10.3. The fraction of sp³-hybridized carbons (Fsp3) is 0.400. The number of aromatic nitrogens is 2. The second-order valence-corrected chi connectivity index (χ2v) is 14.1. The third kappa shape index (κ3) is 8.49. The van der Waals surface area contributed by atoms with Crippen LogP contribution < -0.4 is 24.3 Å². The molecule has 2 bridgehead atoms. The maximum atomic E-state index is 14.1. The Morgan fingerprint density at radius 1 is 1.00 bits per heavy atom. The van der Waals surface area contributed by atoms with Crippen LogP contribution in [-0.4, -0.2) is 67.9 Å². The van der Waals surface area contributed by atoms with Crippen molar-refractivity contribution >= 4 is 17.6 Å². The predicted octanol–water partition coefficient (Wildman–Crippen LogP) is 6.02. The molecule has 4 aromatic rings. The second-order valence-electron chi connectivity index (χ2n) is 14.1. The molecule has 3 saturated heterocycles. The molecule has 4 fully saturated rings. The monoisotopic (exact) mass is 744 g/mol. The molecule has 284 valence electrons. The normalized spacial score (nSPS) is 20.7. The van der Waals surface area contributed by atoms with Gasteiger partial charge in [0.15, 0.2) is 35.5 Å². The average molecular weight is 745 g/mol. The van der Waals surface area contributed by atoms with Crippen LogP contribution in [0.1, 0.15) is 65.7 Å². The maximum Gasteiger partial charge on any atom is 0.387 e. The van der Waals surface area contributed by atoms with Crippen molar-refractivity contribution < 1.29 is 46.8 Å². The Morgan fingerprint density at radius 3 is 2.43 bits per heavy atom. The Kier molecular flexibility index (Phi) is 10.8. The van der Waals surface area contributed by atoms with Crippen molar-refractivity contribution in [2.75, 3.05) is 38.7 Å². The number of halogens is 2. The van der Waals surface area contributed by atoms with Crippen LogP contribution in [0.15, 0.2) is 85.3 Å². The summed E-state index contributed by atoms with van der Waals surface area (Å²) in [5.74, 6) is -0.267. The van der Waals surface area contributed by atoms with E-state index in [0.29, 0.717) is 58.0 Å². The van der Waals surface area contributed by atoms with Gasteiger partial charge in [-0.15, -0.1) is 0 Å². The minimum atomic E-state index is -3.08. The first kappa shape index (κ1) is 36.8. The Balaban J connectivity index is 1.16. The summed E-state index contributed by atoms with van der Waals surface area (Å²) >= 11 is 0. The van der Waals surface area contributed by atoms with E-state index in [1.165, 1.54) is 49.8 Å². The Morgan fingerprint density at radius 2 is 1.78 bits per heavy atom. The number of benzene rings is 2. The molecule has 3 aliphatic heterocycles. The molecule has 5 heterocycles. The highest BCUT2D eigenvalue weighted by atomic mass is 19.3. The van der Waals surface area contributed by atoms with Crippen molar-refractivity contribution in [3.8, 4) is 17.4 Å². The first-order valence-corrected chi connectivity index (χ1v) is 18.0. The number of piperidine rings is 3. The van der Waals surface area contributed by atoms with Crippen LogP contribution in [0.5, 0.6) is 17.4 Å². The number of carbonyl (C=O) groups is 2. The summed E-state index contributed by atoms with van der Waals surface area (Å²) in [6.07, 6.45) is 7.78. The molecule has 2 aromatic carbocycles. The van der Waals surface area contributed by atoms with Gasteiger partial charge in [-0.25, -0.2) is 14.6 Å². The standard InChI is InChI=1S/C40H42F2N4O8/c1-40(29-14-18-46(49)19-15-29,30-9-10-32(53-39(41)42)33(21-30)51-24-25-6-7-25)54-37(47)27-4-3-5-31(20-27)44-36(28-8-11-35(50-2)43-22-28)38(48)52-34-23-45-16-12-26(34)13-17-45/h3-5,8-11,14-15,18-22,25-26,34,36,39,44H,6-7,12-13,16-17,23-24H2,1-2H3/t34-,36?,40-/m0/s1. The molecule has 1 N–H and O–H groups in total. The molecule has 0 spiro atoms. The Bertz CT molecular complexity index is 1940. The smallest absolute Gasteiger partial charge is 0.387 e. The zero-order chi connectivity index (χ0) is 37.8. The molecular weight excluding hydrogens is 702 g/mol. The number of esters is 2. The van der Waals surface area contributed by atoms with E-state index >= 15 is 0 Å². The molecule has 1 saturated carbocycles. The number of ether oxygens (including phenoxy) is 5. The van der Waals surface area contributed by atoms with Gasteiger partial charge in [0.2, 0.25) is 5.88 Å². The van der Waals surface area contributed by atoms with Gasteiger partial charge < -0.3 is 34.2 Å². The molecule has 8 rings (SSSR count). The van der Waals surface area contributed by atoms with Crippen molar-refractivity contribution in [1.29, 1.82) is 0 Å². The summed E-state index contributed by atoms with van der Waals surface area (Å²) in [6.45, 7) is 1.58. The van der Waals surface area contributed by atoms with E-state index in [1.807, 2.05) is 0 Å². The van der Waals surface area contributed by atoms with Crippen molar-refractivity contribution in [3.63, 3.8) is 0 Å². The lowest BCUT2D eigenvalue weighted by atomic mass is 9.86. The van der Waals surface area contributed by atoms with Crippen LogP contribution in [0.2, 0.25) is 0 Å². The molecule has 1 aliphatic carbocycles. The third-order valence-electron chi connectivity index (χ3n) is 10.3. The first-order chi connectivity index (χ1) is 26.1. The molecular formula is C40H42F2N4O8. The van der Waals surface area contributed by atoms with Gasteiger partial charge in [-0.05, 0) is 93.9 Å². The lowest BCUT2D eigenvalue weighted by molar-refractivity contribution is -0.605. The minimum Gasteiger partial charge on any atom is -0.619 e. The lowest BCUT2D eigenvalue weighted by Gasteiger charge is -2.44. The molecule has 4 aliphatic rings. The van der Waals surface area contributed by atoms with Gasteiger partial charge in [-0.2, -0.15) is 13.5 Å². The van der Waals surface area contributed by atoms with E-state index in [9.17, 15) is 23.6 Å². The molecule has 0 radical (unpaired) electrons.